The Kier molecular flexibility index (Phi) is 4.61. The summed E-state index contributed by atoms with van der Waals surface area (Å²) in [5.74, 6) is 0.868. The molecule has 0 atom stereocenters. The van der Waals surface area contributed by atoms with Crippen molar-refractivity contribution in [2.24, 2.45) is 0 Å². The zero-order valence-electron chi connectivity index (χ0n) is 13.0. The number of nitrogens with one attached hydrogen (secondary N) is 1. The number of aromatic nitrogens is 1. The molecule has 0 bridgehead atoms. The van der Waals surface area contributed by atoms with Crippen molar-refractivity contribution in [2.75, 3.05) is 29.4 Å². The quantitative estimate of drug-likeness (QED) is 0.873. The standard InChI is InChI=1S/C17H24N4O/c1-2-11-20-12-13-21(15-9-6-10-18-16(15)20)17(22)19-14-7-4-3-5-8-14/h2,6,9-10,14H,1,3-5,7-8,11-13H2,(H,19,22). The molecule has 2 aliphatic rings. The van der Waals surface area contributed by atoms with Gasteiger partial charge in [0, 0.05) is 31.9 Å². The van der Waals surface area contributed by atoms with Gasteiger partial charge in [0.15, 0.2) is 5.82 Å². The second-order valence-corrected chi connectivity index (χ2v) is 6.02. The first kappa shape index (κ1) is 14.9. The molecule has 1 aromatic rings. The molecule has 0 aromatic carbocycles. The lowest BCUT2D eigenvalue weighted by Gasteiger charge is -2.37. The molecular formula is C17H24N4O. The molecule has 0 spiro atoms. The lowest BCUT2D eigenvalue weighted by molar-refractivity contribution is 0.238. The highest BCUT2D eigenvalue weighted by Gasteiger charge is 2.28. The number of rotatable bonds is 3. The highest BCUT2D eigenvalue weighted by atomic mass is 16.2. The molecule has 0 radical (unpaired) electrons. The fourth-order valence-corrected chi connectivity index (χ4v) is 3.33. The third-order valence-corrected chi connectivity index (χ3v) is 4.48. The fourth-order valence-electron chi connectivity index (χ4n) is 3.33. The first-order valence-corrected chi connectivity index (χ1v) is 8.18. The monoisotopic (exact) mass is 300 g/mol. The van der Waals surface area contributed by atoms with E-state index in [4.69, 9.17) is 0 Å². The Bertz CT molecular complexity index is 539. The van der Waals surface area contributed by atoms with Crippen molar-refractivity contribution in [3.8, 4) is 0 Å². The molecule has 0 unspecified atom stereocenters. The summed E-state index contributed by atoms with van der Waals surface area (Å²) < 4.78 is 0. The Morgan fingerprint density at radius 3 is 2.95 bits per heavy atom. The van der Waals surface area contributed by atoms with Gasteiger partial charge in [0.2, 0.25) is 0 Å². The maximum atomic E-state index is 12.6. The fraction of sp³-hybridized carbons (Fsp3) is 0.529. The lowest BCUT2D eigenvalue weighted by Crippen LogP contribution is -2.51. The van der Waals surface area contributed by atoms with E-state index >= 15 is 0 Å². The zero-order chi connectivity index (χ0) is 15.4. The molecule has 1 aliphatic carbocycles. The first-order chi connectivity index (χ1) is 10.8. The van der Waals surface area contributed by atoms with Gasteiger partial charge in [-0.3, -0.25) is 4.90 Å². The van der Waals surface area contributed by atoms with Crippen LogP contribution >= 0.6 is 0 Å². The first-order valence-electron chi connectivity index (χ1n) is 8.18. The van der Waals surface area contributed by atoms with Crippen molar-refractivity contribution in [1.82, 2.24) is 10.3 Å². The molecule has 2 amide bonds. The van der Waals surface area contributed by atoms with Gasteiger partial charge in [0.05, 0.1) is 5.69 Å². The van der Waals surface area contributed by atoms with Crippen molar-refractivity contribution in [3.05, 3.63) is 31.0 Å². The summed E-state index contributed by atoms with van der Waals surface area (Å²) in [5, 5.41) is 3.20. The van der Waals surface area contributed by atoms with Crippen LogP contribution in [0.15, 0.2) is 31.0 Å². The van der Waals surface area contributed by atoms with Crippen LogP contribution in [0.1, 0.15) is 32.1 Å². The molecule has 1 N–H and O–H groups in total. The third-order valence-electron chi connectivity index (χ3n) is 4.48. The predicted octanol–water partition coefficient (Wildman–Crippen LogP) is 2.94. The summed E-state index contributed by atoms with van der Waals surface area (Å²) in [4.78, 5) is 21.1. The number of hydrogen-bond donors (Lipinski definition) is 1. The second kappa shape index (κ2) is 6.81. The van der Waals surface area contributed by atoms with Gasteiger partial charge in [-0.15, -0.1) is 6.58 Å². The van der Waals surface area contributed by atoms with Crippen molar-refractivity contribution < 1.29 is 4.79 Å². The van der Waals surface area contributed by atoms with Crippen molar-refractivity contribution in [2.45, 2.75) is 38.1 Å². The molecule has 0 saturated heterocycles. The molecule has 5 heteroatoms. The third kappa shape index (κ3) is 3.08. The minimum Gasteiger partial charge on any atom is -0.349 e. The smallest absolute Gasteiger partial charge is 0.322 e. The van der Waals surface area contributed by atoms with Gasteiger partial charge in [-0.1, -0.05) is 25.3 Å². The summed E-state index contributed by atoms with van der Waals surface area (Å²) in [6.45, 7) is 6.02. The van der Waals surface area contributed by atoms with Gasteiger partial charge in [-0.25, -0.2) is 9.78 Å². The van der Waals surface area contributed by atoms with Gasteiger partial charge in [0.25, 0.3) is 0 Å². The number of nitrogens with zero attached hydrogens (tertiary/aromatic N) is 3. The molecule has 1 aliphatic heterocycles. The van der Waals surface area contributed by atoms with Crippen LogP contribution in [0.2, 0.25) is 0 Å². The van der Waals surface area contributed by atoms with E-state index in [0.717, 1.165) is 37.4 Å². The maximum absolute atomic E-state index is 12.6. The van der Waals surface area contributed by atoms with Crippen LogP contribution in [-0.4, -0.2) is 36.7 Å². The Morgan fingerprint density at radius 1 is 1.36 bits per heavy atom. The molecule has 1 aromatic heterocycles. The summed E-state index contributed by atoms with van der Waals surface area (Å²) in [6.07, 6.45) is 9.57. The van der Waals surface area contributed by atoms with E-state index in [0.29, 0.717) is 12.6 Å². The molecule has 2 heterocycles. The normalized spacial score (nSPS) is 18.7. The van der Waals surface area contributed by atoms with E-state index in [1.807, 2.05) is 23.1 Å². The summed E-state index contributed by atoms with van der Waals surface area (Å²) in [5.41, 5.74) is 0.893. The summed E-state index contributed by atoms with van der Waals surface area (Å²) in [7, 11) is 0. The molecule has 118 valence electrons. The number of carbonyl (C=O) groups is 1. The Balaban J connectivity index is 1.74. The van der Waals surface area contributed by atoms with Crippen molar-refractivity contribution >= 4 is 17.5 Å². The topological polar surface area (TPSA) is 48.5 Å². The number of hydrogen-bond acceptors (Lipinski definition) is 3. The van der Waals surface area contributed by atoms with Crippen molar-refractivity contribution in [3.63, 3.8) is 0 Å². The minimum atomic E-state index is 0.0133. The van der Waals surface area contributed by atoms with Crippen LogP contribution < -0.4 is 15.1 Å². The van der Waals surface area contributed by atoms with Crippen LogP contribution in [0.5, 0.6) is 0 Å². The number of fused-ring (bicyclic) bond motifs is 1. The van der Waals surface area contributed by atoms with Gasteiger partial charge in [-0.05, 0) is 25.0 Å². The average molecular weight is 300 g/mol. The molecular weight excluding hydrogens is 276 g/mol. The van der Waals surface area contributed by atoms with E-state index < -0.39 is 0 Å². The molecule has 1 fully saturated rings. The molecule has 22 heavy (non-hydrogen) atoms. The van der Waals surface area contributed by atoms with Crippen LogP contribution in [0.4, 0.5) is 16.3 Å². The highest BCUT2D eigenvalue weighted by Crippen LogP contribution is 2.30. The van der Waals surface area contributed by atoms with Gasteiger partial charge in [0.1, 0.15) is 0 Å². The average Bonchev–Trinajstić information content (AvgIpc) is 2.56. The van der Waals surface area contributed by atoms with Crippen LogP contribution in [0.3, 0.4) is 0 Å². The van der Waals surface area contributed by atoms with Crippen LogP contribution in [0.25, 0.3) is 0 Å². The highest BCUT2D eigenvalue weighted by molar-refractivity contribution is 5.96. The zero-order valence-corrected chi connectivity index (χ0v) is 13.0. The number of carbonyl (C=O) groups excluding carboxylic acids is 1. The number of urea groups is 1. The molecule has 1 saturated carbocycles. The van der Waals surface area contributed by atoms with Crippen LogP contribution in [-0.2, 0) is 0 Å². The SMILES string of the molecule is C=CCN1CCN(C(=O)NC2CCCCC2)c2cccnc21. The maximum Gasteiger partial charge on any atom is 0.322 e. The van der Waals surface area contributed by atoms with Gasteiger partial charge < -0.3 is 10.2 Å². The Morgan fingerprint density at radius 2 is 2.18 bits per heavy atom. The predicted molar refractivity (Wildman–Crippen MR) is 89.4 cm³/mol. The van der Waals surface area contributed by atoms with Gasteiger partial charge in [-0.2, -0.15) is 0 Å². The lowest BCUT2D eigenvalue weighted by atomic mass is 9.96. The Labute approximate surface area is 132 Å². The Hall–Kier alpha value is -2.04. The molecule has 3 rings (SSSR count). The summed E-state index contributed by atoms with van der Waals surface area (Å²) >= 11 is 0. The number of anilines is 2. The van der Waals surface area contributed by atoms with Crippen LogP contribution in [0, 0.1) is 0 Å². The number of pyridine rings is 1. The minimum absolute atomic E-state index is 0.0133. The van der Waals surface area contributed by atoms with E-state index in [2.05, 4.69) is 21.8 Å². The second-order valence-electron chi connectivity index (χ2n) is 6.02. The van der Waals surface area contributed by atoms with E-state index in [1.165, 1.54) is 19.3 Å². The number of amides is 2. The van der Waals surface area contributed by atoms with Crippen molar-refractivity contribution in [1.29, 1.82) is 0 Å². The van der Waals surface area contributed by atoms with E-state index in [9.17, 15) is 4.79 Å². The van der Waals surface area contributed by atoms with Gasteiger partial charge >= 0.3 is 6.03 Å². The largest absolute Gasteiger partial charge is 0.349 e. The van der Waals surface area contributed by atoms with E-state index in [-0.39, 0.29) is 6.03 Å². The van der Waals surface area contributed by atoms with E-state index in [1.54, 1.807) is 6.20 Å². The molecule has 5 nitrogen and oxygen atoms in total. The summed E-state index contributed by atoms with van der Waals surface area (Å²) in [6, 6.07) is 4.20.